The SMILES string of the molecule is Cc1cc(C)c(NC(=O)Nc2cccc(-c3ccc(CN4CCOCC4)cc3)c2C(=O)N[C@H](C(=O)O)C2CCCCC2)c(C)c1. The van der Waals surface area contributed by atoms with Gasteiger partial charge in [0, 0.05) is 25.3 Å². The highest BCUT2D eigenvalue weighted by atomic mass is 16.5. The number of hydrogen-bond acceptors (Lipinski definition) is 5. The zero-order valence-corrected chi connectivity index (χ0v) is 26.4. The molecule has 1 heterocycles. The van der Waals surface area contributed by atoms with E-state index in [1.165, 1.54) is 0 Å². The number of carbonyl (C=O) groups excluding carboxylic acids is 2. The molecule has 0 bridgehead atoms. The molecule has 2 fully saturated rings. The summed E-state index contributed by atoms with van der Waals surface area (Å²) in [6.45, 7) is 9.91. The number of aliphatic carboxylic acids is 1. The molecule has 2 aliphatic rings. The summed E-state index contributed by atoms with van der Waals surface area (Å²) in [5.41, 5.74) is 6.76. The van der Waals surface area contributed by atoms with Crippen LogP contribution in [0.3, 0.4) is 0 Å². The first-order valence-electron chi connectivity index (χ1n) is 15.9. The Bertz CT molecular complexity index is 1500. The molecule has 1 aliphatic heterocycles. The molecule has 9 nitrogen and oxygen atoms in total. The molecule has 5 rings (SSSR count). The summed E-state index contributed by atoms with van der Waals surface area (Å²) in [6, 6.07) is 15.8. The Morgan fingerprint density at radius 3 is 2.22 bits per heavy atom. The maximum absolute atomic E-state index is 14.1. The Hall–Kier alpha value is -4.21. The van der Waals surface area contributed by atoms with Crippen molar-refractivity contribution >= 4 is 29.3 Å². The molecule has 4 N–H and O–H groups in total. The smallest absolute Gasteiger partial charge is 0.326 e. The number of ether oxygens (including phenoxy) is 1. The molecule has 0 aromatic heterocycles. The first-order valence-corrected chi connectivity index (χ1v) is 15.9. The fraction of sp³-hybridized carbons (Fsp3) is 0.417. The Kier molecular flexibility index (Phi) is 10.5. The number of nitrogens with one attached hydrogen (secondary N) is 3. The van der Waals surface area contributed by atoms with Crippen molar-refractivity contribution in [3.8, 4) is 11.1 Å². The summed E-state index contributed by atoms with van der Waals surface area (Å²) in [6.07, 6.45) is 4.48. The van der Waals surface area contributed by atoms with Gasteiger partial charge in [0.05, 0.1) is 24.5 Å². The van der Waals surface area contributed by atoms with Crippen LogP contribution in [-0.4, -0.2) is 60.3 Å². The fourth-order valence-corrected chi connectivity index (χ4v) is 6.66. The van der Waals surface area contributed by atoms with Crippen molar-refractivity contribution in [1.29, 1.82) is 0 Å². The van der Waals surface area contributed by atoms with Gasteiger partial charge >= 0.3 is 12.0 Å². The fourth-order valence-electron chi connectivity index (χ4n) is 6.66. The van der Waals surface area contributed by atoms with Crippen LogP contribution in [0, 0.1) is 26.7 Å². The molecular formula is C36H44N4O5. The van der Waals surface area contributed by atoms with Crippen LogP contribution in [0.5, 0.6) is 0 Å². The first-order chi connectivity index (χ1) is 21.7. The Morgan fingerprint density at radius 1 is 0.911 bits per heavy atom. The van der Waals surface area contributed by atoms with Crippen molar-refractivity contribution in [2.24, 2.45) is 5.92 Å². The van der Waals surface area contributed by atoms with E-state index in [1.807, 2.05) is 63.2 Å². The van der Waals surface area contributed by atoms with E-state index in [2.05, 4.69) is 20.9 Å². The second-order valence-corrected chi connectivity index (χ2v) is 12.4. The predicted molar refractivity (Wildman–Crippen MR) is 177 cm³/mol. The number of carboxylic acids is 1. The summed E-state index contributed by atoms with van der Waals surface area (Å²) in [7, 11) is 0. The van der Waals surface area contributed by atoms with E-state index in [0.29, 0.717) is 16.9 Å². The minimum Gasteiger partial charge on any atom is -0.480 e. The molecule has 1 saturated carbocycles. The van der Waals surface area contributed by atoms with Crippen LogP contribution in [0.1, 0.15) is 64.7 Å². The largest absolute Gasteiger partial charge is 0.480 e. The second kappa shape index (κ2) is 14.7. The molecule has 3 aromatic carbocycles. The molecule has 9 heteroatoms. The molecule has 45 heavy (non-hydrogen) atoms. The second-order valence-electron chi connectivity index (χ2n) is 12.4. The van der Waals surface area contributed by atoms with Gasteiger partial charge in [-0.2, -0.15) is 0 Å². The normalized spacial score (nSPS) is 16.5. The molecular weight excluding hydrogens is 568 g/mol. The monoisotopic (exact) mass is 612 g/mol. The van der Waals surface area contributed by atoms with Gasteiger partial charge in [-0.3, -0.25) is 9.69 Å². The molecule has 0 unspecified atom stereocenters. The average molecular weight is 613 g/mol. The standard InChI is InChI=1S/C36H44N4O5/c1-23-20-24(2)32(25(3)21-23)39-36(44)37-30-11-7-10-29(27-14-12-26(13-15-27)22-40-16-18-45-19-17-40)31(30)34(41)38-33(35(42)43)28-8-5-4-6-9-28/h7,10-15,20-21,28,33H,4-6,8-9,16-19,22H2,1-3H3,(H,38,41)(H,42,43)(H2,37,39,44)/t33-/m0/s1. The van der Waals surface area contributed by atoms with Gasteiger partial charge in [0.15, 0.2) is 0 Å². The van der Waals surface area contributed by atoms with Gasteiger partial charge in [0.2, 0.25) is 0 Å². The summed E-state index contributed by atoms with van der Waals surface area (Å²) in [4.78, 5) is 42.1. The maximum atomic E-state index is 14.1. The molecule has 0 radical (unpaired) electrons. The lowest BCUT2D eigenvalue weighted by Gasteiger charge is -2.28. The number of amides is 3. The van der Waals surface area contributed by atoms with Gasteiger partial charge in [-0.1, -0.05) is 73.4 Å². The van der Waals surface area contributed by atoms with Gasteiger partial charge < -0.3 is 25.8 Å². The van der Waals surface area contributed by atoms with Crippen LogP contribution < -0.4 is 16.0 Å². The Morgan fingerprint density at radius 2 is 1.58 bits per heavy atom. The van der Waals surface area contributed by atoms with Crippen molar-refractivity contribution in [3.05, 3.63) is 82.4 Å². The summed E-state index contributed by atoms with van der Waals surface area (Å²) < 4.78 is 5.47. The van der Waals surface area contributed by atoms with Crippen molar-refractivity contribution in [2.75, 3.05) is 36.9 Å². The number of urea groups is 1. The van der Waals surface area contributed by atoms with Crippen molar-refractivity contribution in [1.82, 2.24) is 10.2 Å². The third-order valence-electron chi connectivity index (χ3n) is 8.90. The van der Waals surface area contributed by atoms with E-state index >= 15 is 0 Å². The topological polar surface area (TPSA) is 120 Å². The lowest BCUT2D eigenvalue weighted by Crippen LogP contribution is -2.46. The number of benzene rings is 3. The van der Waals surface area contributed by atoms with E-state index < -0.39 is 23.9 Å². The quantitative estimate of drug-likeness (QED) is 0.219. The maximum Gasteiger partial charge on any atom is 0.326 e. The van der Waals surface area contributed by atoms with Crippen molar-refractivity contribution < 1.29 is 24.2 Å². The number of hydrogen-bond donors (Lipinski definition) is 4. The minimum atomic E-state index is -1.04. The van der Waals surface area contributed by atoms with E-state index in [0.717, 1.165) is 92.8 Å². The van der Waals surface area contributed by atoms with Crippen LogP contribution in [0.15, 0.2) is 54.6 Å². The molecule has 1 aliphatic carbocycles. The number of morpholine rings is 1. The van der Waals surface area contributed by atoms with Crippen LogP contribution >= 0.6 is 0 Å². The molecule has 3 aromatic rings. The number of nitrogens with zero attached hydrogens (tertiary/aromatic N) is 1. The van der Waals surface area contributed by atoms with E-state index in [-0.39, 0.29) is 11.5 Å². The Labute approximate surface area is 265 Å². The highest BCUT2D eigenvalue weighted by molar-refractivity contribution is 6.11. The first kappa shape index (κ1) is 32.2. The highest BCUT2D eigenvalue weighted by Gasteiger charge is 2.32. The van der Waals surface area contributed by atoms with Gasteiger partial charge in [-0.15, -0.1) is 0 Å². The van der Waals surface area contributed by atoms with Crippen LogP contribution in [0.2, 0.25) is 0 Å². The van der Waals surface area contributed by atoms with E-state index in [1.54, 1.807) is 12.1 Å². The summed E-state index contributed by atoms with van der Waals surface area (Å²) >= 11 is 0. The third kappa shape index (κ3) is 8.09. The van der Waals surface area contributed by atoms with Crippen LogP contribution in [0.25, 0.3) is 11.1 Å². The minimum absolute atomic E-state index is 0.140. The number of carboxylic acid groups (broad SMARTS) is 1. The summed E-state index contributed by atoms with van der Waals surface area (Å²) in [5, 5.41) is 18.8. The molecule has 3 amide bonds. The van der Waals surface area contributed by atoms with Gasteiger partial charge in [-0.05, 0) is 73.4 Å². The van der Waals surface area contributed by atoms with E-state index in [9.17, 15) is 19.5 Å². The third-order valence-corrected chi connectivity index (χ3v) is 8.90. The molecule has 0 spiro atoms. The lowest BCUT2D eigenvalue weighted by atomic mass is 9.83. The molecule has 238 valence electrons. The highest BCUT2D eigenvalue weighted by Crippen LogP contribution is 2.32. The van der Waals surface area contributed by atoms with Gasteiger partial charge in [0.1, 0.15) is 6.04 Å². The summed E-state index contributed by atoms with van der Waals surface area (Å²) in [5.74, 6) is -1.71. The molecule has 1 saturated heterocycles. The number of anilines is 2. The van der Waals surface area contributed by atoms with Crippen LogP contribution in [0.4, 0.5) is 16.2 Å². The number of aryl methyl sites for hydroxylation is 3. The lowest BCUT2D eigenvalue weighted by molar-refractivity contribution is -0.141. The average Bonchev–Trinajstić information content (AvgIpc) is 3.02. The number of rotatable bonds is 9. The van der Waals surface area contributed by atoms with Crippen molar-refractivity contribution in [3.63, 3.8) is 0 Å². The number of carbonyl (C=O) groups is 3. The van der Waals surface area contributed by atoms with Gasteiger partial charge in [0.25, 0.3) is 5.91 Å². The van der Waals surface area contributed by atoms with Crippen molar-refractivity contribution in [2.45, 2.75) is 65.5 Å². The van der Waals surface area contributed by atoms with Gasteiger partial charge in [-0.25, -0.2) is 9.59 Å². The predicted octanol–water partition coefficient (Wildman–Crippen LogP) is 6.52. The van der Waals surface area contributed by atoms with Crippen LogP contribution in [-0.2, 0) is 16.1 Å². The van der Waals surface area contributed by atoms with E-state index in [4.69, 9.17) is 4.74 Å². The molecule has 1 atom stereocenters. The zero-order valence-electron chi connectivity index (χ0n) is 26.4. The zero-order chi connectivity index (χ0) is 31.9. The Balaban J connectivity index is 1.45.